The predicted octanol–water partition coefficient (Wildman–Crippen LogP) is 4.28. The first-order valence-electron chi connectivity index (χ1n) is 11.2. The molecule has 174 valence electrons. The largest absolute Gasteiger partial charge is 0.313 e. The van der Waals surface area contributed by atoms with Crippen molar-refractivity contribution in [3.63, 3.8) is 0 Å². The Kier molecular flexibility index (Phi) is 7.18. The SMILES string of the molecule is CC(=O)NNC(=O)c1c(NC(=O)c2ccc(C(=O)c3ccccc3)cc2)sc2c1CCCCC2. The van der Waals surface area contributed by atoms with Crippen LogP contribution in [0, 0.1) is 0 Å². The van der Waals surface area contributed by atoms with E-state index in [1.165, 1.54) is 18.3 Å². The Morgan fingerprint density at radius 3 is 2.09 bits per heavy atom. The lowest BCUT2D eigenvalue weighted by Crippen LogP contribution is -2.40. The number of hydrogen-bond donors (Lipinski definition) is 3. The van der Waals surface area contributed by atoms with Crippen LogP contribution in [0.25, 0.3) is 0 Å². The minimum atomic E-state index is -0.450. The fourth-order valence-corrected chi connectivity index (χ4v) is 5.26. The van der Waals surface area contributed by atoms with Crippen LogP contribution in [-0.4, -0.2) is 23.5 Å². The lowest BCUT2D eigenvalue weighted by atomic mass is 10.0. The van der Waals surface area contributed by atoms with Gasteiger partial charge in [0.1, 0.15) is 5.00 Å². The molecule has 8 heteroatoms. The van der Waals surface area contributed by atoms with Gasteiger partial charge in [-0.15, -0.1) is 11.3 Å². The van der Waals surface area contributed by atoms with E-state index in [1.54, 1.807) is 48.5 Å². The smallest absolute Gasteiger partial charge is 0.272 e. The van der Waals surface area contributed by atoms with Gasteiger partial charge in [-0.3, -0.25) is 30.0 Å². The number of carbonyl (C=O) groups excluding carboxylic acids is 4. The van der Waals surface area contributed by atoms with E-state index >= 15 is 0 Å². The van der Waals surface area contributed by atoms with Crippen LogP contribution in [0.5, 0.6) is 0 Å². The number of benzene rings is 2. The van der Waals surface area contributed by atoms with Crippen molar-refractivity contribution in [3.8, 4) is 0 Å². The number of hydrogen-bond acceptors (Lipinski definition) is 5. The summed E-state index contributed by atoms with van der Waals surface area (Å²) in [5.74, 6) is -1.32. The molecule has 1 heterocycles. The summed E-state index contributed by atoms with van der Waals surface area (Å²) >= 11 is 1.41. The van der Waals surface area contributed by atoms with E-state index < -0.39 is 5.91 Å². The molecule has 34 heavy (non-hydrogen) atoms. The normalized spacial score (nSPS) is 12.7. The fourth-order valence-electron chi connectivity index (χ4n) is 3.98. The lowest BCUT2D eigenvalue weighted by Gasteiger charge is -2.10. The van der Waals surface area contributed by atoms with Crippen molar-refractivity contribution in [1.29, 1.82) is 0 Å². The quantitative estimate of drug-likeness (QED) is 0.291. The first-order valence-corrected chi connectivity index (χ1v) is 12.0. The number of ketones is 1. The Labute approximate surface area is 201 Å². The molecule has 0 saturated heterocycles. The maximum absolute atomic E-state index is 13.0. The van der Waals surface area contributed by atoms with Gasteiger partial charge in [0, 0.05) is 28.5 Å². The maximum atomic E-state index is 13.0. The van der Waals surface area contributed by atoms with E-state index in [0.717, 1.165) is 42.5 Å². The summed E-state index contributed by atoms with van der Waals surface area (Å²) in [6, 6.07) is 15.4. The van der Waals surface area contributed by atoms with E-state index in [1.807, 2.05) is 6.07 Å². The van der Waals surface area contributed by atoms with Gasteiger partial charge >= 0.3 is 0 Å². The molecule has 0 bridgehead atoms. The van der Waals surface area contributed by atoms with Crippen molar-refractivity contribution in [2.24, 2.45) is 0 Å². The van der Waals surface area contributed by atoms with Gasteiger partial charge in [0.2, 0.25) is 5.91 Å². The van der Waals surface area contributed by atoms with Crippen molar-refractivity contribution < 1.29 is 19.2 Å². The third-order valence-corrected chi connectivity index (χ3v) is 6.88. The summed E-state index contributed by atoms with van der Waals surface area (Å²) in [4.78, 5) is 50.8. The molecule has 0 radical (unpaired) electrons. The van der Waals surface area contributed by atoms with Crippen LogP contribution in [-0.2, 0) is 17.6 Å². The number of rotatable bonds is 5. The van der Waals surface area contributed by atoms with Crippen LogP contribution < -0.4 is 16.2 Å². The number of aryl methyl sites for hydroxylation is 1. The summed E-state index contributed by atoms with van der Waals surface area (Å²) in [5.41, 5.74) is 7.52. The second kappa shape index (κ2) is 10.4. The van der Waals surface area contributed by atoms with Gasteiger partial charge < -0.3 is 5.32 Å². The van der Waals surface area contributed by atoms with Crippen molar-refractivity contribution in [1.82, 2.24) is 10.9 Å². The zero-order chi connectivity index (χ0) is 24.1. The highest BCUT2D eigenvalue weighted by Crippen LogP contribution is 2.37. The van der Waals surface area contributed by atoms with Gasteiger partial charge in [0.25, 0.3) is 11.8 Å². The second-order valence-electron chi connectivity index (χ2n) is 8.13. The highest BCUT2D eigenvalue weighted by molar-refractivity contribution is 7.17. The molecule has 1 aliphatic rings. The van der Waals surface area contributed by atoms with E-state index in [0.29, 0.717) is 27.3 Å². The monoisotopic (exact) mass is 475 g/mol. The number of carbonyl (C=O) groups is 4. The van der Waals surface area contributed by atoms with Crippen molar-refractivity contribution in [2.75, 3.05) is 5.32 Å². The van der Waals surface area contributed by atoms with Crippen LogP contribution in [0.2, 0.25) is 0 Å². The van der Waals surface area contributed by atoms with Crippen molar-refractivity contribution in [3.05, 3.63) is 87.3 Å². The Morgan fingerprint density at radius 2 is 1.38 bits per heavy atom. The van der Waals surface area contributed by atoms with Crippen LogP contribution in [0.15, 0.2) is 54.6 Å². The van der Waals surface area contributed by atoms with E-state index in [4.69, 9.17) is 0 Å². The molecule has 3 amide bonds. The van der Waals surface area contributed by atoms with Gasteiger partial charge in [0.05, 0.1) is 5.56 Å². The Bertz CT molecular complexity index is 1230. The molecule has 0 fully saturated rings. The molecule has 1 aliphatic carbocycles. The number of fused-ring (bicyclic) bond motifs is 1. The molecule has 1 aromatic heterocycles. The van der Waals surface area contributed by atoms with E-state index in [-0.39, 0.29) is 17.6 Å². The first kappa shape index (κ1) is 23.4. The minimum Gasteiger partial charge on any atom is -0.313 e. The van der Waals surface area contributed by atoms with Crippen molar-refractivity contribution >= 4 is 39.8 Å². The number of hydrazine groups is 1. The van der Waals surface area contributed by atoms with E-state index in [9.17, 15) is 19.2 Å². The molecule has 3 N–H and O–H groups in total. The molecule has 0 saturated carbocycles. The molecular weight excluding hydrogens is 450 g/mol. The number of anilines is 1. The fraction of sp³-hybridized carbons (Fsp3) is 0.231. The molecular formula is C26H25N3O4S. The lowest BCUT2D eigenvalue weighted by molar-refractivity contribution is -0.119. The van der Waals surface area contributed by atoms with Crippen LogP contribution in [0.4, 0.5) is 5.00 Å². The second-order valence-corrected chi connectivity index (χ2v) is 9.24. The maximum Gasteiger partial charge on any atom is 0.272 e. The number of amides is 3. The summed E-state index contributed by atoms with van der Waals surface area (Å²) in [7, 11) is 0. The number of thiophene rings is 1. The topological polar surface area (TPSA) is 104 Å². The first-order chi connectivity index (χ1) is 16.4. The zero-order valence-corrected chi connectivity index (χ0v) is 19.6. The average Bonchev–Trinajstić information content (AvgIpc) is 3.02. The third kappa shape index (κ3) is 5.23. The van der Waals surface area contributed by atoms with Crippen LogP contribution in [0.3, 0.4) is 0 Å². The molecule has 0 spiro atoms. The summed E-state index contributed by atoms with van der Waals surface area (Å²) in [6.07, 6.45) is 4.69. The molecule has 2 aromatic carbocycles. The average molecular weight is 476 g/mol. The van der Waals surface area contributed by atoms with Gasteiger partial charge in [-0.2, -0.15) is 0 Å². The van der Waals surface area contributed by atoms with Crippen LogP contribution >= 0.6 is 11.3 Å². The molecule has 0 aliphatic heterocycles. The van der Waals surface area contributed by atoms with E-state index in [2.05, 4.69) is 16.2 Å². The Hall–Kier alpha value is -3.78. The van der Waals surface area contributed by atoms with Gasteiger partial charge in [-0.05, 0) is 43.4 Å². The van der Waals surface area contributed by atoms with Gasteiger partial charge in [-0.1, -0.05) is 48.9 Å². The van der Waals surface area contributed by atoms with Crippen LogP contribution in [0.1, 0.15) is 73.3 Å². The van der Waals surface area contributed by atoms with Crippen molar-refractivity contribution in [2.45, 2.75) is 39.0 Å². The molecule has 3 aromatic rings. The minimum absolute atomic E-state index is 0.119. The molecule has 0 atom stereocenters. The Balaban J connectivity index is 1.56. The molecule has 7 nitrogen and oxygen atoms in total. The molecule has 4 rings (SSSR count). The summed E-state index contributed by atoms with van der Waals surface area (Å²) in [5, 5.41) is 3.34. The highest BCUT2D eigenvalue weighted by atomic mass is 32.1. The molecule has 0 unspecified atom stereocenters. The Morgan fingerprint density at radius 1 is 0.735 bits per heavy atom. The predicted molar refractivity (Wildman–Crippen MR) is 131 cm³/mol. The van der Waals surface area contributed by atoms with Gasteiger partial charge in [-0.25, -0.2) is 0 Å². The third-order valence-electron chi connectivity index (χ3n) is 5.67. The van der Waals surface area contributed by atoms with Gasteiger partial charge in [0.15, 0.2) is 5.78 Å². The number of nitrogens with one attached hydrogen (secondary N) is 3. The standard InChI is InChI=1S/C26H25N3O4S/c1-16(30)28-29-25(33)22-20-10-6-3-7-11-21(20)34-26(22)27-24(32)19-14-12-18(13-15-19)23(31)17-8-4-2-5-9-17/h2,4-5,8-9,12-15H,3,6-7,10-11H2,1H3,(H,27,32)(H,28,30)(H,29,33). The summed E-state index contributed by atoms with van der Waals surface area (Å²) in [6.45, 7) is 1.31. The highest BCUT2D eigenvalue weighted by Gasteiger charge is 2.26. The zero-order valence-electron chi connectivity index (χ0n) is 18.8. The summed E-state index contributed by atoms with van der Waals surface area (Å²) < 4.78 is 0.